The van der Waals surface area contributed by atoms with Gasteiger partial charge in [-0.1, -0.05) is 18.2 Å². The van der Waals surface area contributed by atoms with Gasteiger partial charge in [-0.05, 0) is 12.1 Å². The Morgan fingerprint density at radius 1 is 1.28 bits per heavy atom. The second kappa shape index (κ2) is 5.83. The summed E-state index contributed by atoms with van der Waals surface area (Å²) in [7, 11) is -3.40. The van der Waals surface area contributed by atoms with Crippen LogP contribution in [0.1, 0.15) is 0 Å². The van der Waals surface area contributed by atoms with Crippen molar-refractivity contribution in [3.63, 3.8) is 0 Å². The van der Waals surface area contributed by atoms with E-state index in [0.717, 1.165) is 0 Å². The molecule has 0 saturated carbocycles. The van der Waals surface area contributed by atoms with Crippen molar-refractivity contribution >= 4 is 26.5 Å². The molecule has 0 aliphatic carbocycles. The van der Waals surface area contributed by atoms with E-state index in [4.69, 9.17) is 4.74 Å². The van der Waals surface area contributed by atoms with Gasteiger partial charge in [0.1, 0.15) is 18.1 Å². The standard InChI is InChI=1S/C11H12N2O3S2/c14-18(15,13-11-12-6-8-17-11)9-7-16-10-4-2-1-3-5-10/h1-6,8H,7,9H2,(H,12,13). The summed E-state index contributed by atoms with van der Waals surface area (Å²) in [6.07, 6.45) is 1.54. The molecule has 2 aromatic rings. The number of ether oxygens (including phenoxy) is 1. The van der Waals surface area contributed by atoms with E-state index in [1.165, 1.54) is 11.3 Å². The number of hydrogen-bond acceptors (Lipinski definition) is 5. The molecule has 0 aliphatic rings. The number of benzene rings is 1. The van der Waals surface area contributed by atoms with Gasteiger partial charge in [-0.2, -0.15) is 0 Å². The highest BCUT2D eigenvalue weighted by molar-refractivity contribution is 7.92. The number of para-hydroxylation sites is 1. The highest BCUT2D eigenvalue weighted by atomic mass is 32.2. The monoisotopic (exact) mass is 284 g/mol. The molecule has 1 heterocycles. The Morgan fingerprint density at radius 2 is 2.06 bits per heavy atom. The lowest BCUT2D eigenvalue weighted by molar-refractivity contribution is 0.341. The summed E-state index contributed by atoms with van der Waals surface area (Å²) in [5.41, 5.74) is 0. The van der Waals surface area contributed by atoms with Crippen molar-refractivity contribution in [2.45, 2.75) is 0 Å². The summed E-state index contributed by atoms with van der Waals surface area (Å²) in [4.78, 5) is 3.86. The first kappa shape index (κ1) is 12.8. The van der Waals surface area contributed by atoms with Crippen LogP contribution in [0.25, 0.3) is 0 Å². The predicted octanol–water partition coefficient (Wildman–Crippen LogP) is 1.96. The number of thiazole rings is 1. The number of sulfonamides is 1. The van der Waals surface area contributed by atoms with Crippen LogP contribution in [0.5, 0.6) is 5.75 Å². The Balaban J connectivity index is 1.82. The van der Waals surface area contributed by atoms with E-state index in [1.807, 2.05) is 18.2 Å². The summed E-state index contributed by atoms with van der Waals surface area (Å²) < 4.78 is 31.0. The molecule has 0 spiro atoms. The van der Waals surface area contributed by atoms with Gasteiger partial charge < -0.3 is 4.74 Å². The second-order valence-corrected chi connectivity index (χ2v) is 6.16. The van der Waals surface area contributed by atoms with Crippen molar-refractivity contribution < 1.29 is 13.2 Å². The van der Waals surface area contributed by atoms with Crippen LogP contribution in [0.3, 0.4) is 0 Å². The maximum absolute atomic E-state index is 11.7. The SMILES string of the molecule is O=S(=O)(CCOc1ccccc1)Nc1nccs1. The lowest BCUT2D eigenvalue weighted by atomic mass is 10.3. The van der Waals surface area contributed by atoms with E-state index in [1.54, 1.807) is 23.7 Å². The average Bonchev–Trinajstić information content (AvgIpc) is 2.82. The van der Waals surface area contributed by atoms with Crippen LogP contribution >= 0.6 is 11.3 Å². The van der Waals surface area contributed by atoms with Gasteiger partial charge in [0.15, 0.2) is 5.13 Å². The van der Waals surface area contributed by atoms with Crippen LogP contribution in [0, 0.1) is 0 Å². The first-order chi connectivity index (χ1) is 8.66. The summed E-state index contributed by atoms with van der Waals surface area (Å²) in [5.74, 6) is 0.545. The lowest BCUT2D eigenvalue weighted by Gasteiger charge is -2.07. The topological polar surface area (TPSA) is 68.3 Å². The Morgan fingerprint density at radius 3 is 2.72 bits per heavy atom. The van der Waals surface area contributed by atoms with E-state index in [0.29, 0.717) is 10.9 Å². The summed E-state index contributed by atoms with van der Waals surface area (Å²) in [5, 5.41) is 2.08. The molecule has 0 saturated heterocycles. The second-order valence-electron chi connectivity index (χ2n) is 3.42. The van der Waals surface area contributed by atoms with E-state index in [-0.39, 0.29) is 12.4 Å². The third-order valence-electron chi connectivity index (χ3n) is 2.04. The third-order valence-corrected chi connectivity index (χ3v) is 4.07. The van der Waals surface area contributed by atoms with Crippen molar-refractivity contribution in [3.8, 4) is 5.75 Å². The number of nitrogens with zero attached hydrogens (tertiary/aromatic N) is 1. The van der Waals surface area contributed by atoms with Gasteiger partial charge in [-0.3, -0.25) is 4.72 Å². The quantitative estimate of drug-likeness (QED) is 0.880. The molecule has 0 fully saturated rings. The number of rotatable bonds is 6. The molecule has 7 heteroatoms. The first-order valence-corrected chi connectivity index (χ1v) is 7.77. The van der Waals surface area contributed by atoms with Crippen molar-refractivity contribution in [1.29, 1.82) is 0 Å². The largest absolute Gasteiger partial charge is 0.492 e. The van der Waals surface area contributed by atoms with Crippen LogP contribution in [-0.4, -0.2) is 25.8 Å². The Labute approximate surface area is 110 Å². The minimum atomic E-state index is -3.40. The van der Waals surface area contributed by atoms with Crippen molar-refractivity contribution in [3.05, 3.63) is 41.9 Å². The molecule has 0 radical (unpaired) electrons. The van der Waals surface area contributed by atoms with Gasteiger partial charge in [0, 0.05) is 11.6 Å². The zero-order chi connectivity index (χ0) is 12.8. The van der Waals surface area contributed by atoms with Crippen molar-refractivity contribution in [2.75, 3.05) is 17.1 Å². The van der Waals surface area contributed by atoms with Gasteiger partial charge in [-0.15, -0.1) is 11.3 Å². The predicted molar refractivity (Wildman–Crippen MR) is 71.5 cm³/mol. The maximum atomic E-state index is 11.7. The minimum Gasteiger partial charge on any atom is -0.492 e. The number of hydrogen-bond donors (Lipinski definition) is 1. The molecule has 0 unspecified atom stereocenters. The molecule has 0 bridgehead atoms. The minimum absolute atomic E-state index is 0.102. The molecule has 96 valence electrons. The Hall–Kier alpha value is -1.60. The van der Waals surface area contributed by atoms with Crippen LogP contribution in [0.2, 0.25) is 0 Å². The highest BCUT2D eigenvalue weighted by Crippen LogP contribution is 2.13. The molecule has 0 amide bonds. The number of aromatic nitrogens is 1. The molecule has 1 aromatic heterocycles. The molecule has 2 rings (SSSR count). The van der Waals surface area contributed by atoms with E-state index >= 15 is 0 Å². The molecule has 18 heavy (non-hydrogen) atoms. The average molecular weight is 284 g/mol. The molecule has 1 aromatic carbocycles. The molecule has 1 N–H and O–H groups in total. The van der Waals surface area contributed by atoms with Crippen LogP contribution in [0.15, 0.2) is 41.9 Å². The molecular formula is C11H12N2O3S2. The van der Waals surface area contributed by atoms with Crippen molar-refractivity contribution in [1.82, 2.24) is 4.98 Å². The summed E-state index contributed by atoms with van der Waals surface area (Å²) in [6.45, 7) is 0.102. The molecule has 0 atom stereocenters. The van der Waals surface area contributed by atoms with Gasteiger partial charge in [-0.25, -0.2) is 13.4 Å². The smallest absolute Gasteiger partial charge is 0.237 e. The zero-order valence-corrected chi connectivity index (χ0v) is 11.1. The van der Waals surface area contributed by atoms with Crippen molar-refractivity contribution in [2.24, 2.45) is 0 Å². The fraction of sp³-hybridized carbons (Fsp3) is 0.182. The van der Waals surface area contributed by atoms with Crippen LogP contribution in [-0.2, 0) is 10.0 Å². The van der Waals surface area contributed by atoms with Crippen LogP contribution < -0.4 is 9.46 Å². The Kier molecular flexibility index (Phi) is 4.16. The zero-order valence-electron chi connectivity index (χ0n) is 9.44. The van der Waals surface area contributed by atoms with E-state index < -0.39 is 10.0 Å². The fourth-order valence-electron chi connectivity index (χ4n) is 1.24. The fourth-order valence-corrected chi connectivity index (χ4v) is 2.91. The Bertz CT molecular complexity index is 568. The summed E-state index contributed by atoms with van der Waals surface area (Å²) in [6, 6.07) is 9.09. The summed E-state index contributed by atoms with van der Waals surface area (Å²) >= 11 is 1.24. The van der Waals surface area contributed by atoms with Gasteiger partial charge in [0.2, 0.25) is 10.0 Å². The number of anilines is 1. The number of nitrogens with one attached hydrogen (secondary N) is 1. The maximum Gasteiger partial charge on any atom is 0.237 e. The van der Waals surface area contributed by atoms with Gasteiger partial charge >= 0.3 is 0 Å². The van der Waals surface area contributed by atoms with Crippen LogP contribution in [0.4, 0.5) is 5.13 Å². The van der Waals surface area contributed by atoms with Gasteiger partial charge in [0.05, 0.1) is 0 Å². The lowest BCUT2D eigenvalue weighted by Crippen LogP contribution is -2.21. The molecular weight excluding hydrogens is 272 g/mol. The molecule has 0 aliphatic heterocycles. The van der Waals surface area contributed by atoms with E-state index in [9.17, 15) is 8.42 Å². The highest BCUT2D eigenvalue weighted by Gasteiger charge is 2.11. The third kappa shape index (κ3) is 4.01. The molecule has 5 nitrogen and oxygen atoms in total. The normalized spacial score (nSPS) is 11.1. The van der Waals surface area contributed by atoms with E-state index in [2.05, 4.69) is 9.71 Å². The first-order valence-electron chi connectivity index (χ1n) is 5.23. The van der Waals surface area contributed by atoms with Gasteiger partial charge in [0.25, 0.3) is 0 Å².